The van der Waals surface area contributed by atoms with Gasteiger partial charge in [-0.2, -0.15) is 0 Å². The Morgan fingerprint density at radius 2 is 1.75 bits per heavy atom. The van der Waals surface area contributed by atoms with Crippen LogP contribution in [0, 0.1) is 0 Å². The van der Waals surface area contributed by atoms with Crippen molar-refractivity contribution in [1.82, 2.24) is 0 Å². The summed E-state index contributed by atoms with van der Waals surface area (Å²) in [7, 11) is 0. The predicted octanol–water partition coefficient (Wildman–Crippen LogP) is 7.70. The number of rotatable bonds is 12. The Bertz CT molecular complexity index is 1690. The topological polar surface area (TPSA) is 129 Å². The molecule has 0 aromatic heterocycles. The number of hydrogen-bond acceptors (Lipinski definition) is 6. The number of amides is 1. The number of hydrogen-bond donors (Lipinski definition) is 2. The van der Waals surface area contributed by atoms with Gasteiger partial charge in [-0.3, -0.25) is 4.79 Å². The molecule has 1 aliphatic heterocycles. The van der Waals surface area contributed by atoms with E-state index in [1.165, 1.54) is 0 Å². The fraction of sp³-hybridized carbons (Fsp3) is 0.212. The van der Waals surface area contributed by atoms with Gasteiger partial charge in [-0.25, -0.2) is 4.99 Å². The Balaban J connectivity index is 1.64. The molecule has 0 radical (unpaired) electrons. The lowest BCUT2D eigenvalue weighted by Gasteiger charge is -2.32. The van der Waals surface area contributed by atoms with Gasteiger partial charge in [-0.1, -0.05) is 76.8 Å². The number of azide groups is 1. The molecule has 0 aliphatic carbocycles. The van der Waals surface area contributed by atoms with Crippen molar-refractivity contribution in [3.63, 3.8) is 0 Å². The fourth-order valence-electron chi connectivity index (χ4n) is 5.02. The van der Waals surface area contributed by atoms with Crippen LogP contribution in [0.3, 0.4) is 0 Å². The van der Waals surface area contributed by atoms with E-state index in [2.05, 4.69) is 15.3 Å². The average Bonchev–Trinajstić information content (AvgIpc) is 3.41. The van der Waals surface area contributed by atoms with Gasteiger partial charge < -0.3 is 19.9 Å². The third-order valence-corrected chi connectivity index (χ3v) is 7.75. The first-order chi connectivity index (χ1) is 21.4. The van der Waals surface area contributed by atoms with Gasteiger partial charge in [0.1, 0.15) is 5.75 Å². The zero-order chi connectivity index (χ0) is 30.9. The fourth-order valence-corrected chi connectivity index (χ4v) is 5.52. The lowest BCUT2D eigenvalue weighted by Crippen LogP contribution is -2.47. The van der Waals surface area contributed by atoms with E-state index in [1.54, 1.807) is 54.6 Å². The summed E-state index contributed by atoms with van der Waals surface area (Å²) in [5.74, 6) is 0.467. The smallest absolute Gasteiger partial charge is 0.257 e. The highest BCUT2D eigenvalue weighted by molar-refractivity contribution is 6.35. The molecule has 4 aromatic carbocycles. The van der Waals surface area contributed by atoms with E-state index >= 15 is 0 Å². The van der Waals surface area contributed by atoms with Gasteiger partial charge in [-0.05, 0) is 65.2 Å². The number of ether oxygens (including phenoxy) is 2. The third-order valence-electron chi connectivity index (χ3n) is 7.19. The van der Waals surface area contributed by atoms with Gasteiger partial charge in [0, 0.05) is 51.2 Å². The summed E-state index contributed by atoms with van der Waals surface area (Å²) in [6, 6.07) is 28.7. The second-order valence-electron chi connectivity index (χ2n) is 10.1. The summed E-state index contributed by atoms with van der Waals surface area (Å²) in [5, 5.41) is 16.6. The van der Waals surface area contributed by atoms with Crippen LogP contribution in [0.15, 0.2) is 107 Å². The van der Waals surface area contributed by atoms with Crippen LogP contribution in [0.25, 0.3) is 10.4 Å². The SMILES string of the molecule is [N-]=[N+]=NCc1ccccc1C[C@@]1(C(=O)Nc2ccccc2)N=C(c2ccc(OCCCO)cc2)O[C@@H]1c1ccc(Cl)cc1Cl. The summed E-state index contributed by atoms with van der Waals surface area (Å²) < 4.78 is 12.2. The Morgan fingerprint density at radius 1 is 1.02 bits per heavy atom. The monoisotopic (exact) mass is 629 g/mol. The number of aliphatic hydroxyl groups is 1. The molecule has 4 aromatic rings. The third kappa shape index (κ3) is 6.98. The van der Waals surface area contributed by atoms with Gasteiger partial charge >= 0.3 is 0 Å². The molecule has 2 N–H and O–H groups in total. The highest BCUT2D eigenvalue weighted by atomic mass is 35.5. The number of anilines is 1. The number of halogens is 2. The molecule has 0 saturated carbocycles. The van der Waals surface area contributed by atoms with Crippen molar-refractivity contribution in [3.05, 3.63) is 140 Å². The number of aliphatic hydroxyl groups excluding tert-OH is 1. The maximum Gasteiger partial charge on any atom is 0.257 e. The van der Waals surface area contributed by atoms with Crippen LogP contribution in [0.4, 0.5) is 5.69 Å². The van der Waals surface area contributed by atoms with Crippen molar-refractivity contribution >= 4 is 40.7 Å². The van der Waals surface area contributed by atoms with Crippen LogP contribution in [-0.2, 0) is 22.5 Å². The van der Waals surface area contributed by atoms with E-state index in [4.69, 9.17) is 48.3 Å². The summed E-state index contributed by atoms with van der Waals surface area (Å²) in [6.07, 6.45) is -0.321. The van der Waals surface area contributed by atoms with Gasteiger partial charge in [0.2, 0.25) is 5.90 Å². The molecule has 0 bridgehead atoms. The van der Waals surface area contributed by atoms with Gasteiger partial charge in [0.05, 0.1) is 13.2 Å². The number of nitrogens with zero attached hydrogens (tertiary/aromatic N) is 4. The van der Waals surface area contributed by atoms with Gasteiger partial charge in [-0.15, -0.1) is 0 Å². The number of nitrogens with one attached hydrogen (secondary N) is 1. The highest BCUT2D eigenvalue weighted by Gasteiger charge is 2.54. The summed E-state index contributed by atoms with van der Waals surface area (Å²) in [5.41, 5.74) is 10.7. The molecule has 2 atom stereocenters. The molecule has 44 heavy (non-hydrogen) atoms. The first kappa shape index (κ1) is 30.9. The Hall–Kier alpha value is -4.53. The van der Waals surface area contributed by atoms with E-state index in [1.807, 2.05) is 42.5 Å². The van der Waals surface area contributed by atoms with Gasteiger partial charge in [0.15, 0.2) is 11.6 Å². The Morgan fingerprint density at radius 3 is 2.45 bits per heavy atom. The Labute approximate surface area is 264 Å². The zero-order valence-corrected chi connectivity index (χ0v) is 25.1. The predicted molar refractivity (Wildman–Crippen MR) is 171 cm³/mol. The van der Waals surface area contributed by atoms with Crippen molar-refractivity contribution < 1.29 is 19.4 Å². The Kier molecular flexibility index (Phi) is 10.0. The maximum absolute atomic E-state index is 14.5. The van der Waals surface area contributed by atoms with Gasteiger partial charge in [0.25, 0.3) is 5.91 Å². The molecule has 0 unspecified atom stereocenters. The van der Waals surface area contributed by atoms with Crippen molar-refractivity contribution in [2.45, 2.75) is 31.0 Å². The molecule has 1 amide bonds. The van der Waals surface area contributed by atoms with Crippen LogP contribution < -0.4 is 10.1 Å². The minimum absolute atomic E-state index is 0.0382. The first-order valence-electron chi connectivity index (χ1n) is 13.9. The minimum Gasteiger partial charge on any atom is -0.494 e. The number of para-hydroxylation sites is 1. The minimum atomic E-state index is -1.54. The molecule has 11 heteroatoms. The van der Waals surface area contributed by atoms with Crippen molar-refractivity contribution in [2.24, 2.45) is 10.1 Å². The molecule has 9 nitrogen and oxygen atoms in total. The largest absolute Gasteiger partial charge is 0.494 e. The summed E-state index contributed by atoms with van der Waals surface area (Å²) in [4.78, 5) is 22.5. The lowest BCUT2D eigenvalue weighted by molar-refractivity contribution is -0.123. The molecule has 1 aliphatic rings. The lowest BCUT2D eigenvalue weighted by atomic mass is 9.80. The van der Waals surface area contributed by atoms with Crippen LogP contribution in [0.5, 0.6) is 5.75 Å². The van der Waals surface area contributed by atoms with E-state index in [9.17, 15) is 4.79 Å². The average molecular weight is 631 g/mol. The van der Waals surface area contributed by atoms with E-state index in [0.717, 1.165) is 11.1 Å². The van der Waals surface area contributed by atoms with Crippen molar-refractivity contribution in [2.75, 3.05) is 18.5 Å². The molecule has 224 valence electrons. The molecule has 0 fully saturated rings. The van der Waals surface area contributed by atoms with Crippen LogP contribution >= 0.6 is 23.2 Å². The zero-order valence-electron chi connectivity index (χ0n) is 23.6. The summed E-state index contributed by atoms with van der Waals surface area (Å²) in [6.45, 7) is 0.517. The van der Waals surface area contributed by atoms with Crippen LogP contribution in [0.1, 0.15) is 34.8 Å². The van der Waals surface area contributed by atoms with Crippen LogP contribution in [0.2, 0.25) is 10.0 Å². The second kappa shape index (κ2) is 14.3. The van der Waals surface area contributed by atoms with E-state index in [0.29, 0.717) is 45.6 Å². The summed E-state index contributed by atoms with van der Waals surface area (Å²) >= 11 is 13.0. The van der Waals surface area contributed by atoms with Crippen molar-refractivity contribution in [3.8, 4) is 5.75 Å². The molecular weight excluding hydrogens is 601 g/mol. The number of carbonyl (C=O) groups is 1. The number of aliphatic imine (C=N–C) groups is 1. The molecular formula is C33H29Cl2N5O4. The van der Waals surface area contributed by atoms with E-state index < -0.39 is 17.6 Å². The molecule has 1 heterocycles. The number of benzene rings is 4. The maximum atomic E-state index is 14.5. The normalized spacial score (nSPS) is 17.2. The van der Waals surface area contributed by atoms with Crippen LogP contribution in [-0.4, -0.2) is 35.7 Å². The van der Waals surface area contributed by atoms with E-state index in [-0.39, 0.29) is 25.5 Å². The second-order valence-corrected chi connectivity index (χ2v) is 11.0. The standard InChI is InChI=1S/C33H29Cl2N5O4/c34-25-13-16-28(29(35)19-25)30-33(32(42)38-26-9-2-1-3-10-26,20-23-7-4-5-8-24(23)21-37-40-36)39-31(44-30)22-11-14-27(15-12-22)43-18-6-17-41/h1-5,7-16,19,30,41H,6,17-18,20-21H2,(H,38,42)/t30-,33-/m1/s1. The first-order valence-corrected chi connectivity index (χ1v) is 14.7. The molecule has 5 rings (SSSR count). The van der Waals surface area contributed by atoms with Crippen molar-refractivity contribution in [1.29, 1.82) is 0 Å². The molecule has 0 spiro atoms. The highest BCUT2D eigenvalue weighted by Crippen LogP contribution is 2.46. The number of carbonyl (C=O) groups excluding carboxylic acids is 1. The molecule has 0 saturated heterocycles. The quantitative estimate of drug-likeness (QED) is 0.0719.